The minimum Gasteiger partial charge on any atom is -0.299 e. The zero-order chi connectivity index (χ0) is 8.22. The minimum atomic E-state index is 0.337. The molecule has 0 spiro atoms. The molecule has 3 aliphatic rings. The Morgan fingerprint density at radius 1 is 1.36 bits per heavy atom. The second kappa shape index (κ2) is 1.88. The van der Waals surface area contributed by atoms with Crippen molar-refractivity contribution in [2.75, 3.05) is 0 Å². The Kier molecular flexibility index (Phi) is 1.25. The molecular formula is C10H16O. The molecule has 0 saturated heterocycles. The third-order valence-electron chi connectivity index (χ3n) is 3.94. The van der Waals surface area contributed by atoms with Crippen molar-refractivity contribution in [1.82, 2.24) is 0 Å². The average Bonchev–Trinajstić information content (AvgIpc) is 1.93. The summed E-state index contributed by atoms with van der Waals surface area (Å²) in [5.41, 5.74) is 0.337. The van der Waals surface area contributed by atoms with Gasteiger partial charge in [0.1, 0.15) is 5.78 Å². The molecule has 0 aromatic rings. The molecule has 0 unspecified atom stereocenters. The largest absolute Gasteiger partial charge is 0.299 e. The van der Waals surface area contributed by atoms with Crippen LogP contribution in [0, 0.1) is 23.2 Å². The molecule has 0 radical (unpaired) electrons. The Balaban J connectivity index is 2.23. The molecule has 3 atom stereocenters. The summed E-state index contributed by atoms with van der Waals surface area (Å²) in [7, 11) is 0. The SMILES string of the molecule is C[C@@H]1C[C@H]2C[C@@H](C1=O)C2(C)C. The number of ketones is 1. The maximum Gasteiger partial charge on any atom is 0.139 e. The third kappa shape index (κ3) is 0.743. The highest BCUT2D eigenvalue weighted by molar-refractivity contribution is 5.86. The van der Waals surface area contributed by atoms with E-state index in [1.165, 1.54) is 6.42 Å². The van der Waals surface area contributed by atoms with Gasteiger partial charge in [0.15, 0.2) is 0 Å². The first-order valence-corrected chi connectivity index (χ1v) is 4.57. The van der Waals surface area contributed by atoms with Gasteiger partial charge in [0.2, 0.25) is 0 Å². The first-order valence-electron chi connectivity index (χ1n) is 4.57. The molecule has 0 N–H and O–H groups in total. The number of carbonyl (C=O) groups excluding carboxylic acids is 1. The summed E-state index contributed by atoms with van der Waals surface area (Å²) in [6.45, 7) is 6.57. The fraction of sp³-hybridized carbons (Fsp3) is 0.900. The van der Waals surface area contributed by atoms with Gasteiger partial charge < -0.3 is 0 Å². The molecule has 11 heavy (non-hydrogen) atoms. The van der Waals surface area contributed by atoms with Crippen LogP contribution in [0.1, 0.15) is 33.6 Å². The second-order valence-corrected chi connectivity index (χ2v) is 4.85. The quantitative estimate of drug-likeness (QED) is 0.520. The van der Waals surface area contributed by atoms with E-state index in [-0.39, 0.29) is 0 Å². The van der Waals surface area contributed by atoms with E-state index in [0.717, 1.165) is 12.3 Å². The number of rotatable bonds is 0. The van der Waals surface area contributed by atoms with Crippen LogP contribution < -0.4 is 0 Å². The monoisotopic (exact) mass is 152 g/mol. The van der Waals surface area contributed by atoms with Crippen molar-refractivity contribution in [3.8, 4) is 0 Å². The van der Waals surface area contributed by atoms with Crippen molar-refractivity contribution < 1.29 is 4.79 Å². The van der Waals surface area contributed by atoms with Crippen LogP contribution in [0.5, 0.6) is 0 Å². The average molecular weight is 152 g/mol. The van der Waals surface area contributed by atoms with Crippen molar-refractivity contribution >= 4 is 5.78 Å². The Hall–Kier alpha value is -0.330. The summed E-state index contributed by atoms with van der Waals surface area (Å²) in [6, 6.07) is 0. The van der Waals surface area contributed by atoms with Crippen LogP contribution in [0.25, 0.3) is 0 Å². The lowest BCUT2D eigenvalue weighted by molar-refractivity contribution is -0.155. The van der Waals surface area contributed by atoms with Gasteiger partial charge in [0.25, 0.3) is 0 Å². The van der Waals surface area contributed by atoms with Crippen LogP contribution in [0.3, 0.4) is 0 Å². The van der Waals surface area contributed by atoms with E-state index in [4.69, 9.17) is 0 Å². The molecule has 1 heteroatoms. The maximum absolute atomic E-state index is 11.6. The van der Waals surface area contributed by atoms with E-state index < -0.39 is 0 Å². The number of fused-ring (bicyclic) bond motifs is 2. The summed E-state index contributed by atoms with van der Waals surface area (Å²) < 4.78 is 0. The van der Waals surface area contributed by atoms with E-state index in [1.54, 1.807) is 0 Å². The molecule has 0 aromatic heterocycles. The fourth-order valence-electron chi connectivity index (χ4n) is 2.79. The Labute approximate surface area is 68.2 Å². The molecule has 2 bridgehead atoms. The Morgan fingerprint density at radius 2 is 2.00 bits per heavy atom. The van der Waals surface area contributed by atoms with Gasteiger partial charge >= 0.3 is 0 Å². The number of Topliss-reactive ketones (excluding diaryl/α,β-unsaturated/α-hetero) is 1. The molecule has 3 aliphatic carbocycles. The normalized spacial score (nSPS) is 46.8. The predicted molar refractivity (Wildman–Crippen MR) is 44.2 cm³/mol. The van der Waals surface area contributed by atoms with Gasteiger partial charge in [-0.1, -0.05) is 20.8 Å². The summed E-state index contributed by atoms with van der Waals surface area (Å²) >= 11 is 0. The van der Waals surface area contributed by atoms with Crippen LogP contribution in [-0.2, 0) is 4.79 Å². The van der Waals surface area contributed by atoms with Crippen molar-refractivity contribution in [2.45, 2.75) is 33.6 Å². The zero-order valence-corrected chi connectivity index (χ0v) is 7.55. The Bertz CT molecular complexity index is 205. The van der Waals surface area contributed by atoms with E-state index in [9.17, 15) is 4.79 Å². The van der Waals surface area contributed by atoms with Crippen molar-refractivity contribution in [1.29, 1.82) is 0 Å². The van der Waals surface area contributed by atoms with Crippen LogP contribution >= 0.6 is 0 Å². The molecule has 3 fully saturated rings. The molecular weight excluding hydrogens is 136 g/mol. The van der Waals surface area contributed by atoms with Gasteiger partial charge in [-0.2, -0.15) is 0 Å². The molecule has 0 heterocycles. The number of hydrogen-bond donors (Lipinski definition) is 0. The van der Waals surface area contributed by atoms with Crippen molar-refractivity contribution in [2.24, 2.45) is 23.2 Å². The summed E-state index contributed by atoms with van der Waals surface area (Å²) in [4.78, 5) is 11.6. The van der Waals surface area contributed by atoms with Crippen molar-refractivity contribution in [3.63, 3.8) is 0 Å². The highest BCUT2D eigenvalue weighted by Crippen LogP contribution is 2.58. The summed E-state index contributed by atoms with van der Waals surface area (Å²) in [5.74, 6) is 2.11. The maximum atomic E-state index is 11.6. The van der Waals surface area contributed by atoms with E-state index >= 15 is 0 Å². The van der Waals surface area contributed by atoms with Crippen LogP contribution in [0.15, 0.2) is 0 Å². The summed E-state index contributed by atoms with van der Waals surface area (Å²) in [5, 5.41) is 0. The highest BCUT2D eigenvalue weighted by Gasteiger charge is 2.56. The third-order valence-corrected chi connectivity index (χ3v) is 3.94. The lowest BCUT2D eigenvalue weighted by atomic mass is 9.46. The van der Waals surface area contributed by atoms with Gasteiger partial charge in [-0.15, -0.1) is 0 Å². The first-order chi connectivity index (χ1) is 5.03. The molecule has 1 nitrogen and oxygen atoms in total. The fourth-order valence-corrected chi connectivity index (χ4v) is 2.79. The minimum absolute atomic E-state index is 0.337. The van der Waals surface area contributed by atoms with Crippen molar-refractivity contribution in [3.05, 3.63) is 0 Å². The van der Waals surface area contributed by atoms with Gasteiger partial charge in [0.05, 0.1) is 0 Å². The van der Waals surface area contributed by atoms with Gasteiger partial charge in [-0.25, -0.2) is 0 Å². The molecule has 3 saturated carbocycles. The van der Waals surface area contributed by atoms with Crippen LogP contribution in [0.4, 0.5) is 0 Å². The first kappa shape index (κ1) is 7.33. The molecule has 3 rings (SSSR count). The molecule has 0 amide bonds. The van der Waals surface area contributed by atoms with E-state index in [0.29, 0.717) is 23.0 Å². The molecule has 0 aromatic carbocycles. The van der Waals surface area contributed by atoms with Crippen LogP contribution in [0.2, 0.25) is 0 Å². The van der Waals surface area contributed by atoms with E-state index in [1.807, 2.05) is 0 Å². The Morgan fingerprint density at radius 3 is 2.36 bits per heavy atom. The number of hydrogen-bond acceptors (Lipinski definition) is 1. The topological polar surface area (TPSA) is 17.1 Å². The second-order valence-electron chi connectivity index (χ2n) is 4.85. The zero-order valence-electron chi connectivity index (χ0n) is 7.55. The standard InChI is InChI=1S/C10H16O/c1-6-4-7-5-8(9(6)11)10(7,2)3/h6-8H,4-5H2,1-3H3/t6-,7+,8+/m1/s1. The smallest absolute Gasteiger partial charge is 0.139 e. The summed E-state index contributed by atoms with van der Waals surface area (Å²) in [6.07, 6.45) is 2.32. The van der Waals surface area contributed by atoms with Gasteiger partial charge in [-0.05, 0) is 24.2 Å². The number of carbonyl (C=O) groups is 1. The predicted octanol–water partition coefficient (Wildman–Crippen LogP) is 2.26. The van der Waals surface area contributed by atoms with Gasteiger partial charge in [0, 0.05) is 11.8 Å². The van der Waals surface area contributed by atoms with Gasteiger partial charge in [-0.3, -0.25) is 4.79 Å². The highest BCUT2D eigenvalue weighted by atomic mass is 16.1. The molecule has 62 valence electrons. The van der Waals surface area contributed by atoms with Crippen LogP contribution in [-0.4, -0.2) is 5.78 Å². The molecule has 0 aliphatic heterocycles. The lowest BCUT2D eigenvalue weighted by Gasteiger charge is -2.57. The lowest BCUT2D eigenvalue weighted by Crippen LogP contribution is -2.55. The van der Waals surface area contributed by atoms with E-state index in [2.05, 4.69) is 20.8 Å².